The zero-order chi connectivity index (χ0) is 51.8. The minimum absolute atomic E-state index is 0.0594. The Morgan fingerprint density at radius 1 is 0.479 bits per heavy atom. The van der Waals surface area contributed by atoms with Gasteiger partial charge in [0.15, 0.2) is 24.6 Å². The average molecular weight is 1000 g/mol. The second kappa shape index (κ2) is 47.4. The number of rotatable bonds is 47. The van der Waals surface area contributed by atoms with Gasteiger partial charge in [0.05, 0.1) is 6.61 Å². The van der Waals surface area contributed by atoms with E-state index in [2.05, 4.69) is 81.5 Å². The first-order valence-electron chi connectivity index (χ1n) is 28.3. The third-order valence-corrected chi connectivity index (χ3v) is 12.6. The molecule has 0 amide bonds. The third-order valence-electron chi connectivity index (χ3n) is 12.6. The van der Waals surface area contributed by atoms with Crippen LogP contribution < -0.4 is 0 Å². The van der Waals surface area contributed by atoms with Crippen molar-refractivity contribution in [1.29, 1.82) is 0 Å². The molecule has 6 atom stereocenters. The highest BCUT2D eigenvalue weighted by molar-refractivity contribution is 5.74. The maximum Gasteiger partial charge on any atom is 0.335 e. The summed E-state index contributed by atoms with van der Waals surface area (Å²) in [4.78, 5) is 51.0. The van der Waals surface area contributed by atoms with Gasteiger partial charge in [0.2, 0.25) is 0 Å². The van der Waals surface area contributed by atoms with Gasteiger partial charge in [-0.05, 0) is 77.0 Å². The smallest absolute Gasteiger partial charge is 0.335 e. The van der Waals surface area contributed by atoms with E-state index in [1.165, 1.54) is 44.9 Å². The van der Waals surface area contributed by atoms with Crippen molar-refractivity contribution in [2.24, 2.45) is 0 Å². The number of carbonyl (C=O) groups is 4. The summed E-state index contributed by atoms with van der Waals surface area (Å²) in [5.41, 5.74) is 0. The molecule has 6 unspecified atom stereocenters. The van der Waals surface area contributed by atoms with Crippen LogP contribution in [0.2, 0.25) is 0 Å². The highest BCUT2D eigenvalue weighted by Crippen LogP contribution is 2.26. The number of carboxylic acid groups (broad SMARTS) is 1. The lowest BCUT2D eigenvalue weighted by molar-refractivity contribution is -0.301. The van der Waals surface area contributed by atoms with Crippen molar-refractivity contribution >= 4 is 23.9 Å². The fourth-order valence-corrected chi connectivity index (χ4v) is 8.24. The number of hydrogen-bond acceptors (Lipinski definition) is 11. The third kappa shape index (κ3) is 37.8. The summed E-state index contributed by atoms with van der Waals surface area (Å²) in [6, 6.07) is 0. The SMILES string of the molecule is CC/C=C\C/C=C\C/C=C\CCCCCCCCCC(=O)OCC(COC1OC(C(=O)O)C(O)C(O)C1OC(=O)CCCCCCCCCCCCC)OC(=O)CCCCCCC/C=C\C/C=C\CCC. The fraction of sp³-hybridized carbons (Fsp3) is 0.763. The largest absolute Gasteiger partial charge is 0.479 e. The first-order chi connectivity index (χ1) is 34.6. The van der Waals surface area contributed by atoms with Crippen molar-refractivity contribution in [3.05, 3.63) is 60.8 Å². The highest BCUT2D eigenvalue weighted by Gasteiger charge is 2.50. The number of esters is 3. The Hall–Kier alpha value is -3.58. The Morgan fingerprint density at radius 2 is 0.915 bits per heavy atom. The normalized spacial score (nSPS) is 18.9. The maximum atomic E-state index is 13.1. The van der Waals surface area contributed by atoms with E-state index in [4.69, 9.17) is 23.7 Å². The summed E-state index contributed by atoms with van der Waals surface area (Å²) in [6.07, 6.45) is 44.9. The van der Waals surface area contributed by atoms with Crippen LogP contribution in [0.25, 0.3) is 0 Å². The first kappa shape index (κ1) is 65.4. The molecule has 0 aromatic rings. The van der Waals surface area contributed by atoms with E-state index in [9.17, 15) is 34.5 Å². The summed E-state index contributed by atoms with van der Waals surface area (Å²) in [5.74, 6) is -3.14. The number of hydrogen-bond donors (Lipinski definition) is 3. The Kier molecular flexibility index (Phi) is 43.7. The van der Waals surface area contributed by atoms with Gasteiger partial charge in [-0.2, -0.15) is 0 Å². The van der Waals surface area contributed by atoms with Crippen LogP contribution in [0.3, 0.4) is 0 Å². The average Bonchev–Trinajstić information content (AvgIpc) is 3.35. The maximum absolute atomic E-state index is 13.1. The summed E-state index contributed by atoms with van der Waals surface area (Å²) in [6.45, 7) is 5.78. The van der Waals surface area contributed by atoms with Gasteiger partial charge in [0, 0.05) is 19.3 Å². The number of aliphatic hydroxyl groups excluding tert-OH is 2. The lowest BCUT2D eigenvalue weighted by atomic mass is 9.98. The second-order valence-corrected chi connectivity index (χ2v) is 19.2. The lowest BCUT2D eigenvalue weighted by Gasteiger charge is -2.40. The van der Waals surface area contributed by atoms with Gasteiger partial charge in [-0.3, -0.25) is 14.4 Å². The molecule has 0 spiro atoms. The molecule has 0 aliphatic carbocycles. The molecular weight excluding hydrogens is 901 g/mol. The lowest BCUT2D eigenvalue weighted by Crippen LogP contribution is -2.61. The number of carbonyl (C=O) groups excluding carboxylic acids is 3. The Bertz CT molecular complexity index is 1470. The molecule has 12 heteroatoms. The minimum atomic E-state index is -1.90. The van der Waals surface area contributed by atoms with E-state index in [-0.39, 0.29) is 25.9 Å². The molecule has 1 fully saturated rings. The zero-order valence-corrected chi connectivity index (χ0v) is 44.7. The van der Waals surface area contributed by atoms with Gasteiger partial charge < -0.3 is 39.0 Å². The predicted octanol–water partition coefficient (Wildman–Crippen LogP) is 14.0. The molecular formula is C59H100O12. The van der Waals surface area contributed by atoms with Gasteiger partial charge in [-0.25, -0.2) is 4.79 Å². The van der Waals surface area contributed by atoms with Crippen LogP contribution >= 0.6 is 0 Å². The molecule has 1 rings (SSSR count). The van der Waals surface area contributed by atoms with Gasteiger partial charge in [0.25, 0.3) is 0 Å². The molecule has 0 saturated carbocycles. The van der Waals surface area contributed by atoms with E-state index in [0.717, 1.165) is 135 Å². The van der Waals surface area contributed by atoms with Crippen molar-refractivity contribution in [1.82, 2.24) is 0 Å². The number of carboxylic acids is 1. The summed E-state index contributed by atoms with van der Waals surface area (Å²) in [5, 5.41) is 31.4. The van der Waals surface area contributed by atoms with Gasteiger partial charge in [-0.15, -0.1) is 0 Å². The fourth-order valence-electron chi connectivity index (χ4n) is 8.24. The molecule has 1 aliphatic heterocycles. The van der Waals surface area contributed by atoms with E-state index in [0.29, 0.717) is 19.3 Å². The summed E-state index contributed by atoms with van der Waals surface area (Å²) < 4.78 is 28.3. The quantitative estimate of drug-likeness (QED) is 0.0228. The molecule has 0 aromatic carbocycles. The van der Waals surface area contributed by atoms with Gasteiger partial charge in [-0.1, -0.05) is 204 Å². The molecule has 0 bridgehead atoms. The Balaban J connectivity index is 2.71. The van der Waals surface area contributed by atoms with Crippen molar-refractivity contribution in [3.8, 4) is 0 Å². The molecule has 0 radical (unpaired) electrons. The van der Waals surface area contributed by atoms with Crippen LogP contribution in [0.5, 0.6) is 0 Å². The number of unbranched alkanes of at least 4 members (excludes halogenated alkanes) is 23. The molecule has 12 nitrogen and oxygen atoms in total. The van der Waals surface area contributed by atoms with Crippen molar-refractivity contribution in [2.45, 2.75) is 276 Å². The first-order valence-corrected chi connectivity index (χ1v) is 28.3. The second-order valence-electron chi connectivity index (χ2n) is 19.2. The topological polar surface area (TPSA) is 175 Å². The van der Waals surface area contributed by atoms with Crippen molar-refractivity contribution in [2.75, 3.05) is 13.2 Å². The van der Waals surface area contributed by atoms with E-state index >= 15 is 0 Å². The Morgan fingerprint density at radius 3 is 1.41 bits per heavy atom. The van der Waals surface area contributed by atoms with E-state index in [1.54, 1.807) is 0 Å². The molecule has 1 aliphatic rings. The molecule has 0 aromatic heterocycles. The molecule has 1 heterocycles. The number of aliphatic carboxylic acids is 1. The van der Waals surface area contributed by atoms with E-state index in [1.807, 2.05) is 0 Å². The minimum Gasteiger partial charge on any atom is -0.479 e. The van der Waals surface area contributed by atoms with Crippen LogP contribution in [0, 0.1) is 0 Å². The van der Waals surface area contributed by atoms with Crippen LogP contribution in [0.4, 0.5) is 0 Å². The van der Waals surface area contributed by atoms with Gasteiger partial charge >= 0.3 is 23.9 Å². The van der Waals surface area contributed by atoms with Crippen LogP contribution in [0.1, 0.15) is 239 Å². The number of aliphatic hydroxyl groups is 2. The highest BCUT2D eigenvalue weighted by atomic mass is 16.7. The van der Waals surface area contributed by atoms with Crippen LogP contribution in [0.15, 0.2) is 60.8 Å². The van der Waals surface area contributed by atoms with Crippen molar-refractivity contribution < 1.29 is 58.2 Å². The number of ether oxygens (including phenoxy) is 5. The molecule has 1 saturated heterocycles. The summed E-state index contributed by atoms with van der Waals surface area (Å²) in [7, 11) is 0. The monoisotopic (exact) mass is 1000 g/mol. The standard InChI is InChI=1S/C59H100O12/c1-4-7-10-13-16-19-22-24-25-26-27-29-31-33-36-39-42-45-51(60)67-48-50(69-52(61)46-43-40-37-35-32-28-23-20-17-14-11-8-5-2)49-68-59-57(55(64)54(63)56(71-59)58(65)66)70-53(62)47-44-41-38-34-30-21-18-15-12-9-6-3/h7,10-11,14,16,19-20,23-25,50,54-57,59,63-64H,4-6,8-9,12-13,15,17-18,21-22,26-49H2,1-3H3,(H,65,66)/b10-7-,14-11-,19-16-,23-20-,25-24-. The van der Waals surface area contributed by atoms with E-state index < -0.39 is 67.3 Å². The van der Waals surface area contributed by atoms with Gasteiger partial charge in [0.1, 0.15) is 18.8 Å². The van der Waals surface area contributed by atoms with Crippen molar-refractivity contribution in [3.63, 3.8) is 0 Å². The number of allylic oxidation sites excluding steroid dienone is 10. The molecule has 71 heavy (non-hydrogen) atoms. The molecule has 3 N–H and O–H groups in total. The zero-order valence-electron chi connectivity index (χ0n) is 44.7. The Labute approximate surface area is 430 Å². The molecule has 408 valence electrons. The van der Waals surface area contributed by atoms with Crippen LogP contribution in [-0.2, 0) is 42.9 Å². The van der Waals surface area contributed by atoms with Crippen LogP contribution in [-0.4, -0.2) is 89.2 Å². The predicted molar refractivity (Wildman–Crippen MR) is 285 cm³/mol. The summed E-state index contributed by atoms with van der Waals surface area (Å²) >= 11 is 0.